The van der Waals surface area contributed by atoms with Gasteiger partial charge in [0, 0.05) is 33.5 Å². The Morgan fingerprint density at radius 1 is 0.280 bits per heavy atom. The molecule has 1 heterocycles. The zero-order valence-corrected chi connectivity index (χ0v) is 27.4. The van der Waals surface area contributed by atoms with Crippen LogP contribution in [0.5, 0.6) is 0 Å². The Kier molecular flexibility index (Phi) is 6.53. The van der Waals surface area contributed by atoms with Crippen LogP contribution in [0.2, 0.25) is 0 Å². The monoisotopic (exact) mass is 636 g/mol. The van der Waals surface area contributed by atoms with E-state index in [9.17, 15) is 0 Å². The van der Waals surface area contributed by atoms with Gasteiger partial charge in [-0.2, -0.15) is 0 Å². The van der Waals surface area contributed by atoms with Gasteiger partial charge in [-0.15, -0.1) is 0 Å². The van der Waals surface area contributed by atoms with Gasteiger partial charge in [-0.1, -0.05) is 133 Å². The summed E-state index contributed by atoms with van der Waals surface area (Å²) in [5.74, 6) is 0. The molecule has 2 nitrogen and oxygen atoms in total. The Labute approximate surface area is 290 Å². The van der Waals surface area contributed by atoms with E-state index in [0.717, 1.165) is 22.7 Å². The molecule has 1 aromatic heterocycles. The molecule has 234 valence electrons. The summed E-state index contributed by atoms with van der Waals surface area (Å²) in [7, 11) is 0. The molecule has 0 atom stereocenters. The van der Waals surface area contributed by atoms with Crippen LogP contribution < -0.4 is 4.90 Å². The van der Waals surface area contributed by atoms with Gasteiger partial charge in [0.15, 0.2) is 0 Å². The van der Waals surface area contributed by atoms with Gasteiger partial charge < -0.3 is 9.47 Å². The Bertz CT molecular complexity index is 2760. The van der Waals surface area contributed by atoms with Gasteiger partial charge >= 0.3 is 0 Å². The number of hydrogen-bond donors (Lipinski definition) is 0. The predicted molar refractivity (Wildman–Crippen MR) is 213 cm³/mol. The summed E-state index contributed by atoms with van der Waals surface area (Å²) in [5, 5.41) is 10.2. The van der Waals surface area contributed by atoms with Crippen molar-refractivity contribution in [2.75, 3.05) is 4.90 Å². The topological polar surface area (TPSA) is 8.17 Å². The lowest BCUT2D eigenvalue weighted by Crippen LogP contribution is -2.09. The van der Waals surface area contributed by atoms with Crippen LogP contribution in [0, 0.1) is 0 Å². The van der Waals surface area contributed by atoms with E-state index in [-0.39, 0.29) is 0 Å². The van der Waals surface area contributed by atoms with E-state index in [1.165, 1.54) is 65.3 Å². The summed E-state index contributed by atoms with van der Waals surface area (Å²) >= 11 is 0. The van der Waals surface area contributed by atoms with E-state index in [2.05, 4.69) is 204 Å². The van der Waals surface area contributed by atoms with Crippen LogP contribution in [0.25, 0.3) is 70.9 Å². The van der Waals surface area contributed by atoms with Gasteiger partial charge in [0.05, 0.1) is 11.0 Å². The number of rotatable bonds is 5. The van der Waals surface area contributed by atoms with Crippen molar-refractivity contribution < 1.29 is 0 Å². The predicted octanol–water partition coefficient (Wildman–Crippen LogP) is 13.4. The maximum absolute atomic E-state index is 2.37. The maximum atomic E-state index is 2.37. The molecular weight excluding hydrogens is 605 g/mol. The second kappa shape index (κ2) is 11.5. The Morgan fingerprint density at radius 2 is 0.680 bits per heavy atom. The number of aromatic nitrogens is 1. The lowest BCUT2D eigenvalue weighted by Gasteiger charge is -2.26. The van der Waals surface area contributed by atoms with Gasteiger partial charge in [0.25, 0.3) is 0 Å². The summed E-state index contributed by atoms with van der Waals surface area (Å²) in [6.45, 7) is 0. The molecule has 0 aliphatic carbocycles. The molecule has 10 rings (SSSR count). The molecular formula is C48H32N2. The first kappa shape index (κ1) is 28.4. The number of nitrogens with zero attached hydrogens (tertiary/aromatic N) is 2. The molecule has 0 fully saturated rings. The lowest BCUT2D eigenvalue weighted by molar-refractivity contribution is 1.18. The summed E-state index contributed by atoms with van der Waals surface area (Å²) in [6, 6.07) is 70.4. The minimum Gasteiger partial charge on any atom is -0.310 e. The third kappa shape index (κ3) is 4.50. The summed E-state index contributed by atoms with van der Waals surface area (Å²) in [4.78, 5) is 2.36. The van der Waals surface area contributed by atoms with Crippen LogP contribution in [0.1, 0.15) is 0 Å². The van der Waals surface area contributed by atoms with Crippen LogP contribution in [-0.2, 0) is 0 Å². The molecule has 0 spiro atoms. The highest BCUT2D eigenvalue weighted by Gasteiger charge is 2.16. The Hall–Kier alpha value is -6.64. The number of fused-ring (bicyclic) bond motifs is 9. The first-order chi connectivity index (χ1) is 24.8. The van der Waals surface area contributed by atoms with Crippen molar-refractivity contribution in [2.45, 2.75) is 0 Å². The summed E-state index contributed by atoms with van der Waals surface area (Å²) in [6.07, 6.45) is 0. The van der Waals surface area contributed by atoms with Crippen LogP contribution in [0.4, 0.5) is 17.1 Å². The fourth-order valence-electron chi connectivity index (χ4n) is 7.87. The zero-order valence-electron chi connectivity index (χ0n) is 27.4. The van der Waals surface area contributed by atoms with Crippen molar-refractivity contribution in [3.8, 4) is 16.8 Å². The number of benzene rings is 9. The first-order valence-electron chi connectivity index (χ1n) is 17.2. The minimum absolute atomic E-state index is 1.12. The van der Waals surface area contributed by atoms with Crippen molar-refractivity contribution in [3.63, 3.8) is 0 Å². The van der Waals surface area contributed by atoms with Gasteiger partial charge in [-0.3, -0.25) is 0 Å². The molecule has 0 aliphatic heterocycles. The highest BCUT2D eigenvalue weighted by molar-refractivity contribution is 6.25. The van der Waals surface area contributed by atoms with E-state index < -0.39 is 0 Å². The average molecular weight is 637 g/mol. The zero-order chi connectivity index (χ0) is 33.0. The fourth-order valence-corrected chi connectivity index (χ4v) is 7.87. The molecule has 0 N–H and O–H groups in total. The Balaban J connectivity index is 1.05. The highest BCUT2D eigenvalue weighted by atomic mass is 15.1. The van der Waals surface area contributed by atoms with Crippen molar-refractivity contribution in [1.29, 1.82) is 0 Å². The molecule has 0 saturated heterocycles. The van der Waals surface area contributed by atoms with E-state index in [0.29, 0.717) is 0 Å². The van der Waals surface area contributed by atoms with Crippen LogP contribution in [-0.4, -0.2) is 4.57 Å². The fraction of sp³-hybridized carbons (Fsp3) is 0. The normalized spacial score (nSPS) is 11.6. The van der Waals surface area contributed by atoms with Crippen LogP contribution >= 0.6 is 0 Å². The molecule has 0 saturated carbocycles. The SMILES string of the molecule is c1ccc(N(c2ccc(-c3ccc(-n4c5ccccc5c5ccccc54)cc3)cc2)c2ccc3c4ccccc4c4ccccc4c3c2)cc1. The van der Waals surface area contributed by atoms with E-state index >= 15 is 0 Å². The first-order valence-corrected chi connectivity index (χ1v) is 17.2. The number of anilines is 3. The number of hydrogen-bond acceptors (Lipinski definition) is 1. The highest BCUT2D eigenvalue weighted by Crippen LogP contribution is 2.41. The number of para-hydroxylation sites is 3. The molecule has 0 aliphatic rings. The van der Waals surface area contributed by atoms with Crippen molar-refractivity contribution >= 4 is 71.2 Å². The standard InChI is InChI=1S/C48H32N2/c1-2-12-35(13-3-1)49(38-30-31-43-41-16-5-4-14-39(41)40-15-6-7-17-42(40)46(43)32-38)36-26-22-33(23-27-36)34-24-28-37(29-25-34)50-47-20-10-8-18-44(47)45-19-9-11-21-48(45)50/h1-32H. The van der Waals surface area contributed by atoms with Gasteiger partial charge in [-0.05, 0) is 104 Å². The minimum atomic E-state index is 1.12. The smallest absolute Gasteiger partial charge is 0.0541 e. The lowest BCUT2D eigenvalue weighted by atomic mass is 9.94. The average Bonchev–Trinajstić information content (AvgIpc) is 3.53. The molecule has 2 heteroatoms. The van der Waals surface area contributed by atoms with E-state index in [1.807, 2.05) is 0 Å². The molecule has 9 aromatic carbocycles. The van der Waals surface area contributed by atoms with Crippen LogP contribution in [0.15, 0.2) is 194 Å². The largest absolute Gasteiger partial charge is 0.310 e. The molecule has 0 radical (unpaired) electrons. The van der Waals surface area contributed by atoms with Crippen LogP contribution in [0.3, 0.4) is 0 Å². The second-order valence-electron chi connectivity index (χ2n) is 13.0. The maximum Gasteiger partial charge on any atom is 0.0541 e. The van der Waals surface area contributed by atoms with Crippen molar-refractivity contribution in [3.05, 3.63) is 194 Å². The third-order valence-electron chi connectivity index (χ3n) is 10.2. The molecule has 0 bridgehead atoms. The quantitative estimate of drug-likeness (QED) is 0.171. The summed E-state index contributed by atoms with van der Waals surface area (Å²) < 4.78 is 2.37. The summed E-state index contributed by atoms with van der Waals surface area (Å²) in [5.41, 5.74) is 9.36. The molecule has 0 amide bonds. The van der Waals surface area contributed by atoms with Crippen molar-refractivity contribution in [1.82, 2.24) is 4.57 Å². The molecule has 50 heavy (non-hydrogen) atoms. The van der Waals surface area contributed by atoms with Gasteiger partial charge in [-0.25, -0.2) is 0 Å². The van der Waals surface area contributed by atoms with Gasteiger partial charge in [0.2, 0.25) is 0 Å². The molecule has 10 aromatic rings. The van der Waals surface area contributed by atoms with Crippen molar-refractivity contribution in [2.24, 2.45) is 0 Å². The van der Waals surface area contributed by atoms with Gasteiger partial charge in [0.1, 0.15) is 0 Å². The Morgan fingerprint density at radius 3 is 1.24 bits per heavy atom. The second-order valence-corrected chi connectivity index (χ2v) is 13.0. The van der Waals surface area contributed by atoms with E-state index in [1.54, 1.807) is 0 Å². The third-order valence-corrected chi connectivity index (χ3v) is 10.2. The molecule has 0 unspecified atom stereocenters. The van der Waals surface area contributed by atoms with E-state index in [4.69, 9.17) is 0 Å².